The Morgan fingerprint density at radius 1 is 1.38 bits per heavy atom. The van der Waals surface area contributed by atoms with Gasteiger partial charge in [-0.2, -0.15) is 0 Å². The molecule has 2 aromatic rings. The molecule has 1 N–H and O–H groups in total. The maximum absolute atomic E-state index is 10.9. The van der Waals surface area contributed by atoms with Crippen LogP contribution in [0.25, 0.3) is 0 Å². The molecule has 4 heteroatoms. The lowest BCUT2D eigenvalue weighted by Crippen LogP contribution is -2.05. The summed E-state index contributed by atoms with van der Waals surface area (Å²) in [6.45, 7) is 9.93. The number of carbonyl (C=O) groups excluding carboxylic acids is 1. The Bertz CT molecular complexity index is 562. The number of nitrogens with zero attached hydrogens (tertiary/aromatic N) is 1. The van der Waals surface area contributed by atoms with Crippen LogP contribution in [0.4, 0.5) is 0 Å². The van der Waals surface area contributed by atoms with Crippen LogP contribution in [0.5, 0.6) is 0 Å². The van der Waals surface area contributed by atoms with E-state index in [2.05, 4.69) is 29.9 Å². The highest BCUT2D eigenvalue weighted by Gasteiger charge is 2.14. The summed E-state index contributed by atoms with van der Waals surface area (Å²) in [5.74, 6) is -0.0220. The van der Waals surface area contributed by atoms with Crippen molar-refractivity contribution in [3.05, 3.63) is 53.1 Å². The van der Waals surface area contributed by atoms with Gasteiger partial charge in [-0.15, -0.1) is 0 Å². The molecule has 0 unspecified atom stereocenters. The zero-order valence-electron chi connectivity index (χ0n) is 13.4. The van der Waals surface area contributed by atoms with Gasteiger partial charge in [-0.25, -0.2) is 4.98 Å². The average molecular weight is 288 g/mol. The number of imidazole rings is 1. The first-order chi connectivity index (χ1) is 10.1. The van der Waals surface area contributed by atoms with Crippen molar-refractivity contribution in [2.45, 2.75) is 47.1 Å². The molecular weight excluding hydrogens is 264 g/mol. The highest BCUT2D eigenvalue weighted by molar-refractivity contribution is 5.66. The highest BCUT2D eigenvalue weighted by atomic mass is 16.5. The maximum Gasteiger partial charge on any atom is 0.302 e. The predicted octanol–water partition coefficient (Wildman–Crippen LogP) is 3.96. The van der Waals surface area contributed by atoms with E-state index >= 15 is 0 Å². The molecule has 0 radical (unpaired) electrons. The third kappa shape index (κ3) is 4.45. The monoisotopic (exact) mass is 288 g/mol. The number of nitrogens with one attached hydrogen (secondary N) is 1. The van der Waals surface area contributed by atoms with Crippen molar-refractivity contribution in [3.63, 3.8) is 0 Å². The van der Waals surface area contributed by atoms with Gasteiger partial charge in [-0.3, -0.25) is 4.79 Å². The SMILES string of the molecule is CC.CC(=O)OCc1cccc([C@H](C)c2cnc[nH]2)c1C. The van der Waals surface area contributed by atoms with Crippen LogP contribution < -0.4 is 0 Å². The van der Waals surface area contributed by atoms with Crippen LogP contribution in [-0.2, 0) is 16.1 Å². The number of benzene rings is 1. The van der Waals surface area contributed by atoms with E-state index in [0.29, 0.717) is 6.61 Å². The largest absolute Gasteiger partial charge is 0.461 e. The van der Waals surface area contributed by atoms with Crippen LogP contribution in [0.2, 0.25) is 0 Å². The molecule has 0 amide bonds. The molecule has 0 aliphatic heterocycles. The fraction of sp³-hybridized carbons (Fsp3) is 0.412. The smallest absolute Gasteiger partial charge is 0.302 e. The topological polar surface area (TPSA) is 55.0 Å². The number of aromatic nitrogens is 2. The van der Waals surface area contributed by atoms with Crippen molar-refractivity contribution in [3.8, 4) is 0 Å². The molecule has 1 aromatic heterocycles. The molecular formula is C17H24N2O2. The van der Waals surface area contributed by atoms with Gasteiger partial charge in [0.25, 0.3) is 0 Å². The van der Waals surface area contributed by atoms with E-state index in [9.17, 15) is 4.79 Å². The average Bonchev–Trinajstić information content (AvgIpc) is 3.02. The summed E-state index contributed by atoms with van der Waals surface area (Å²) in [6.07, 6.45) is 3.52. The van der Waals surface area contributed by atoms with Crippen molar-refractivity contribution in [1.29, 1.82) is 0 Å². The van der Waals surface area contributed by atoms with Crippen molar-refractivity contribution >= 4 is 5.97 Å². The Kier molecular flexibility index (Phi) is 6.66. The fourth-order valence-electron chi connectivity index (χ4n) is 2.18. The number of hydrogen-bond donors (Lipinski definition) is 1. The van der Waals surface area contributed by atoms with E-state index in [-0.39, 0.29) is 11.9 Å². The molecule has 1 atom stereocenters. The van der Waals surface area contributed by atoms with Gasteiger partial charge in [-0.1, -0.05) is 39.0 Å². The lowest BCUT2D eigenvalue weighted by molar-refractivity contribution is -0.142. The molecule has 0 aliphatic rings. The van der Waals surface area contributed by atoms with Gasteiger partial charge in [0.05, 0.1) is 6.33 Å². The molecule has 0 aliphatic carbocycles. The minimum absolute atomic E-state index is 0.236. The van der Waals surface area contributed by atoms with E-state index in [1.54, 1.807) is 6.33 Å². The second-order valence-electron chi connectivity index (χ2n) is 4.64. The standard InChI is InChI=1S/C15H18N2O2.C2H6/c1-10-13(8-19-12(3)18)5-4-6-14(10)11(2)15-7-16-9-17-15;1-2/h4-7,9,11H,8H2,1-3H3,(H,16,17);1-2H3/t11-;/m0./s1. The highest BCUT2D eigenvalue weighted by Crippen LogP contribution is 2.27. The van der Waals surface area contributed by atoms with Crippen LogP contribution in [0.15, 0.2) is 30.7 Å². The molecule has 0 saturated heterocycles. The summed E-state index contributed by atoms with van der Waals surface area (Å²) in [7, 11) is 0. The number of rotatable bonds is 4. The number of H-pyrrole nitrogens is 1. The second kappa shape index (κ2) is 8.25. The molecule has 4 nitrogen and oxygen atoms in total. The molecule has 21 heavy (non-hydrogen) atoms. The van der Waals surface area contributed by atoms with Crippen LogP contribution in [-0.4, -0.2) is 15.9 Å². The van der Waals surface area contributed by atoms with Crippen LogP contribution >= 0.6 is 0 Å². The summed E-state index contributed by atoms with van der Waals surface area (Å²) >= 11 is 0. The molecule has 2 rings (SSSR count). The Morgan fingerprint density at radius 2 is 2.10 bits per heavy atom. The third-order valence-corrected chi connectivity index (χ3v) is 3.37. The Morgan fingerprint density at radius 3 is 2.67 bits per heavy atom. The van der Waals surface area contributed by atoms with Gasteiger partial charge in [0.1, 0.15) is 6.61 Å². The van der Waals surface area contributed by atoms with Crippen molar-refractivity contribution < 1.29 is 9.53 Å². The molecule has 0 fully saturated rings. The Balaban J connectivity index is 0.00000106. The summed E-state index contributed by atoms with van der Waals surface area (Å²) in [5.41, 5.74) is 4.49. The fourth-order valence-corrected chi connectivity index (χ4v) is 2.18. The second-order valence-corrected chi connectivity index (χ2v) is 4.64. The number of ether oxygens (including phenoxy) is 1. The van der Waals surface area contributed by atoms with E-state index < -0.39 is 0 Å². The van der Waals surface area contributed by atoms with Crippen LogP contribution in [0.3, 0.4) is 0 Å². The molecule has 0 bridgehead atoms. The lowest BCUT2D eigenvalue weighted by atomic mass is 9.91. The lowest BCUT2D eigenvalue weighted by Gasteiger charge is -2.16. The van der Waals surface area contributed by atoms with Gasteiger partial charge in [0.15, 0.2) is 0 Å². The van der Waals surface area contributed by atoms with Gasteiger partial charge in [0.2, 0.25) is 0 Å². The minimum Gasteiger partial charge on any atom is -0.461 e. The number of carbonyl (C=O) groups is 1. The summed E-state index contributed by atoms with van der Waals surface area (Å²) in [5, 5.41) is 0. The van der Waals surface area contributed by atoms with Crippen LogP contribution in [0, 0.1) is 6.92 Å². The number of esters is 1. The van der Waals surface area contributed by atoms with Gasteiger partial charge >= 0.3 is 5.97 Å². The number of hydrogen-bond acceptors (Lipinski definition) is 3. The van der Waals surface area contributed by atoms with E-state index in [1.165, 1.54) is 12.5 Å². The van der Waals surface area contributed by atoms with Gasteiger partial charge in [0, 0.05) is 24.7 Å². The Labute approximate surface area is 126 Å². The summed E-state index contributed by atoms with van der Waals surface area (Å²) in [6, 6.07) is 6.08. The molecule has 1 aromatic carbocycles. The molecule has 0 saturated carbocycles. The summed E-state index contributed by atoms with van der Waals surface area (Å²) < 4.78 is 5.08. The van der Waals surface area contributed by atoms with Gasteiger partial charge < -0.3 is 9.72 Å². The van der Waals surface area contributed by atoms with Crippen molar-refractivity contribution in [2.75, 3.05) is 0 Å². The van der Waals surface area contributed by atoms with Crippen molar-refractivity contribution in [2.24, 2.45) is 0 Å². The van der Waals surface area contributed by atoms with E-state index in [4.69, 9.17) is 4.74 Å². The maximum atomic E-state index is 10.9. The normalized spacial score (nSPS) is 11.3. The molecule has 1 heterocycles. The zero-order valence-corrected chi connectivity index (χ0v) is 13.4. The first-order valence-electron chi connectivity index (χ1n) is 7.29. The molecule has 114 valence electrons. The van der Waals surface area contributed by atoms with Crippen LogP contribution in [0.1, 0.15) is 56.0 Å². The van der Waals surface area contributed by atoms with Crippen molar-refractivity contribution in [1.82, 2.24) is 9.97 Å². The molecule has 0 spiro atoms. The Hall–Kier alpha value is -2.10. The predicted molar refractivity (Wildman–Crippen MR) is 84.1 cm³/mol. The van der Waals surface area contributed by atoms with E-state index in [0.717, 1.165) is 16.8 Å². The van der Waals surface area contributed by atoms with Gasteiger partial charge in [-0.05, 0) is 23.6 Å². The first kappa shape index (κ1) is 17.0. The zero-order chi connectivity index (χ0) is 15.8. The first-order valence-corrected chi connectivity index (χ1v) is 7.29. The third-order valence-electron chi connectivity index (χ3n) is 3.37. The number of aromatic amines is 1. The quantitative estimate of drug-likeness (QED) is 0.866. The van der Waals surface area contributed by atoms with E-state index in [1.807, 2.05) is 32.2 Å². The summed E-state index contributed by atoms with van der Waals surface area (Å²) in [4.78, 5) is 18.1. The minimum atomic E-state index is -0.258.